The first-order chi connectivity index (χ1) is 24.8. The summed E-state index contributed by atoms with van der Waals surface area (Å²) in [6.07, 6.45) is 0. The van der Waals surface area contributed by atoms with Crippen molar-refractivity contribution in [3.63, 3.8) is 0 Å². The molecule has 0 radical (unpaired) electrons. The Labute approximate surface area is 293 Å². The van der Waals surface area contributed by atoms with Crippen molar-refractivity contribution in [1.82, 2.24) is 14.5 Å². The van der Waals surface area contributed by atoms with E-state index in [4.69, 9.17) is 9.97 Å². The van der Waals surface area contributed by atoms with Crippen molar-refractivity contribution in [1.29, 1.82) is 0 Å². The van der Waals surface area contributed by atoms with E-state index in [9.17, 15) is 0 Å². The summed E-state index contributed by atoms with van der Waals surface area (Å²) >= 11 is 1.77. The lowest BCUT2D eigenvalue weighted by molar-refractivity contribution is 1.18. The molecule has 10 rings (SSSR count). The third-order valence-corrected chi connectivity index (χ3v) is 10.8. The fourth-order valence-electron chi connectivity index (χ4n) is 7.40. The van der Waals surface area contributed by atoms with Gasteiger partial charge in [0, 0.05) is 37.7 Å². The first-order valence-corrected chi connectivity index (χ1v) is 17.7. The minimum atomic E-state index is 0.738. The number of nitrogens with zero attached hydrogens (tertiary/aromatic N) is 3. The normalized spacial score (nSPS) is 11.6. The second-order valence-corrected chi connectivity index (χ2v) is 13.6. The molecule has 50 heavy (non-hydrogen) atoms. The van der Waals surface area contributed by atoms with Crippen LogP contribution in [0.15, 0.2) is 176 Å². The Morgan fingerprint density at radius 3 is 1.78 bits per heavy atom. The number of hydrogen-bond donors (Lipinski definition) is 0. The van der Waals surface area contributed by atoms with Gasteiger partial charge in [0.25, 0.3) is 0 Å². The molecule has 0 spiro atoms. The zero-order chi connectivity index (χ0) is 33.0. The molecule has 3 nitrogen and oxygen atoms in total. The van der Waals surface area contributed by atoms with Gasteiger partial charge in [0.05, 0.1) is 26.9 Å². The molecule has 0 fully saturated rings. The predicted octanol–water partition coefficient (Wildman–Crippen LogP) is 12.6. The molecular weight excluding hydrogens is 627 g/mol. The fourth-order valence-corrected chi connectivity index (χ4v) is 8.58. The summed E-state index contributed by atoms with van der Waals surface area (Å²) in [7, 11) is 0. The van der Waals surface area contributed by atoms with Crippen LogP contribution in [0.5, 0.6) is 0 Å². The zero-order valence-corrected chi connectivity index (χ0v) is 27.8. The van der Waals surface area contributed by atoms with Crippen molar-refractivity contribution in [2.75, 3.05) is 0 Å². The highest BCUT2D eigenvalue weighted by molar-refractivity contribution is 7.26. The van der Waals surface area contributed by atoms with Crippen LogP contribution >= 0.6 is 11.3 Å². The monoisotopic (exact) mass is 655 g/mol. The first-order valence-electron chi connectivity index (χ1n) is 16.8. The lowest BCUT2D eigenvalue weighted by atomic mass is 9.94. The molecule has 0 unspecified atom stereocenters. The molecule has 0 saturated carbocycles. The molecule has 10 aromatic rings. The Balaban J connectivity index is 1.21. The fraction of sp³-hybridized carbons (Fsp3) is 0. The smallest absolute Gasteiger partial charge is 0.160 e. The van der Waals surface area contributed by atoms with Crippen molar-refractivity contribution in [3.05, 3.63) is 176 Å². The van der Waals surface area contributed by atoms with Crippen LogP contribution in [0.4, 0.5) is 0 Å². The minimum Gasteiger partial charge on any atom is -0.309 e. The highest BCUT2D eigenvalue weighted by Crippen LogP contribution is 2.45. The van der Waals surface area contributed by atoms with Crippen LogP contribution in [-0.4, -0.2) is 14.5 Å². The Kier molecular flexibility index (Phi) is 6.68. The van der Waals surface area contributed by atoms with Crippen molar-refractivity contribution < 1.29 is 0 Å². The molecule has 0 saturated heterocycles. The van der Waals surface area contributed by atoms with Gasteiger partial charge in [0.15, 0.2) is 5.82 Å². The molecule has 0 N–H and O–H groups in total. The summed E-state index contributed by atoms with van der Waals surface area (Å²) in [4.78, 5) is 10.5. The summed E-state index contributed by atoms with van der Waals surface area (Å²) < 4.78 is 4.69. The van der Waals surface area contributed by atoms with Crippen molar-refractivity contribution in [3.8, 4) is 50.6 Å². The van der Waals surface area contributed by atoms with Crippen LogP contribution < -0.4 is 0 Å². The molecule has 3 heterocycles. The average molecular weight is 656 g/mol. The quantitative estimate of drug-likeness (QED) is 0.185. The molecular formula is C46H29N3S. The van der Waals surface area contributed by atoms with Gasteiger partial charge in [-0.05, 0) is 58.7 Å². The van der Waals surface area contributed by atoms with Gasteiger partial charge in [-0.25, -0.2) is 9.97 Å². The number of fused-ring (bicyclic) bond motifs is 6. The molecule has 0 aliphatic rings. The number of aromatic nitrogens is 3. The molecule has 0 aliphatic carbocycles. The highest BCUT2D eigenvalue weighted by atomic mass is 32.1. The van der Waals surface area contributed by atoms with E-state index >= 15 is 0 Å². The van der Waals surface area contributed by atoms with E-state index in [2.05, 4.69) is 162 Å². The Morgan fingerprint density at radius 2 is 1.02 bits per heavy atom. The van der Waals surface area contributed by atoms with Gasteiger partial charge in [0.2, 0.25) is 0 Å². The Bertz CT molecular complexity index is 2850. The van der Waals surface area contributed by atoms with Gasteiger partial charge < -0.3 is 4.57 Å². The lowest BCUT2D eigenvalue weighted by Crippen LogP contribution is -1.93. The van der Waals surface area contributed by atoms with Crippen molar-refractivity contribution in [2.45, 2.75) is 0 Å². The summed E-state index contributed by atoms with van der Waals surface area (Å²) in [6.45, 7) is 0. The largest absolute Gasteiger partial charge is 0.309 e. The SMILES string of the molecule is c1ccc(-c2nc(-c3ccccc3)c3sc4cccc(-c5cccc(-c6cccc7c6c6ccccc6n7-c6ccccc6)c5)c4c3n2)cc1. The van der Waals surface area contributed by atoms with Gasteiger partial charge in [-0.15, -0.1) is 11.3 Å². The maximum atomic E-state index is 5.29. The third kappa shape index (κ3) is 4.57. The van der Waals surface area contributed by atoms with Gasteiger partial charge in [-0.1, -0.05) is 140 Å². The minimum absolute atomic E-state index is 0.738. The molecule has 0 bridgehead atoms. The maximum Gasteiger partial charge on any atom is 0.160 e. The molecule has 4 heteroatoms. The van der Waals surface area contributed by atoms with E-state index < -0.39 is 0 Å². The summed E-state index contributed by atoms with van der Waals surface area (Å²) in [5, 5.41) is 3.67. The summed E-state index contributed by atoms with van der Waals surface area (Å²) in [5.41, 5.74) is 12.4. The van der Waals surface area contributed by atoms with Crippen molar-refractivity contribution >= 4 is 53.4 Å². The number of para-hydroxylation sites is 2. The first kappa shape index (κ1) is 28.6. The van der Waals surface area contributed by atoms with E-state index in [1.165, 1.54) is 48.6 Å². The summed E-state index contributed by atoms with van der Waals surface area (Å²) in [6, 6.07) is 62.5. The number of benzene rings is 7. The Morgan fingerprint density at radius 1 is 0.440 bits per heavy atom. The van der Waals surface area contributed by atoms with E-state index in [1.807, 2.05) is 18.2 Å². The molecule has 0 atom stereocenters. The second kappa shape index (κ2) is 11.7. The number of hydrogen-bond acceptors (Lipinski definition) is 3. The average Bonchev–Trinajstić information content (AvgIpc) is 3.75. The highest BCUT2D eigenvalue weighted by Gasteiger charge is 2.20. The van der Waals surface area contributed by atoms with E-state index in [-0.39, 0.29) is 0 Å². The van der Waals surface area contributed by atoms with Crippen LogP contribution in [0, 0.1) is 0 Å². The zero-order valence-electron chi connectivity index (χ0n) is 27.0. The lowest BCUT2D eigenvalue weighted by Gasteiger charge is -2.11. The van der Waals surface area contributed by atoms with E-state index in [0.717, 1.165) is 44.1 Å². The predicted molar refractivity (Wildman–Crippen MR) is 211 cm³/mol. The molecule has 0 aliphatic heterocycles. The van der Waals surface area contributed by atoms with Gasteiger partial charge in [-0.3, -0.25) is 0 Å². The van der Waals surface area contributed by atoms with E-state index in [1.54, 1.807) is 11.3 Å². The number of rotatable bonds is 5. The van der Waals surface area contributed by atoms with Crippen LogP contribution in [-0.2, 0) is 0 Å². The maximum absolute atomic E-state index is 5.29. The standard InChI is InChI=1S/C46H29N3S/c1-4-15-30(16-5-1)43-45-44(48-46(47-43)31-17-6-2-7-18-31)42-36(25-14-28-40(42)50-45)33-20-12-19-32(29-33)35-24-13-27-39-41(35)37-23-10-11-26-38(37)49(39)34-21-8-3-9-22-34/h1-29H. The van der Waals surface area contributed by atoms with Gasteiger partial charge in [0.1, 0.15) is 0 Å². The molecule has 0 amide bonds. The van der Waals surface area contributed by atoms with Crippen molar-refractivity contribution in [2.24, 2.45) is 0 Å². The van der Waals surface area contributed by atoms with Gasteiger partial charge >= 0.3 is 0 Å². The van der Waals surface area contributed by atoms with Crippen LogP contribution in [0.2, 0.25) is 0 Å². The molecule has 234 valence electrons. The molecule has 7 aromatic carbocycles. The molecule has 3 aromatic heterocycles. The Hall–Kier alpha value is -6.36. The second-order valence-electron chi connectivity index (χ2n) is 12.6. The third-order valence-electron chi connectivity index (χ3n) is 9.62. The van der Waals surface area contributed by atoms with E-state index in [0.29, 0.717) is 0 Å². The number of thiophene rings is 1. The van der Waals surface area contributed by atoms with Gasteiger partial charge in [-0.2, -0.15) is 0 Å². The summed E-state index contributed by atoms with van der Waals surface area (Å²) in [5.74, 6) is 0.738. The van der Waals surface area contributed by atoms with Crippen LogP contribution in [0.1, 0.15) is 0 Å². The van der Waals surface area contributed by atoms with Crippen LogP contribution in [0.3, 0.4) is 0 Å². The topological polar surface area (TPSA) is 30.7 Å². The van der Waals surface area contributed by atoms with Crippen LogP contribution in [0.25, 0.3) is 92.7 Å².